The van der Waals surface area contributed by atoms with Crippen LogP contribution in [-0.4, -0.2) is 5.11 Å². The molecule has 0 aliphatic carbocycles. The van der Waals surface area contributed by atoms with E-state index in [0.717, 1.165) is 27.5 Å². The zero-order valence-corrected chi connectivity index (χ0v) is 10.6. The lowest BCUT2D eigenvalue weighted by Gasteiger charge is -2.07. The summed E-state index contributed by atoms with van der Waals surface area (Å²) in [6.07, 6.45) is -4.30. The van der Waals surface area contributed by atoms with Gasteiger partial charge in [0.15, 0.2) is 0 Å². The number of hydrogen-bond acceptors (Lipinski definition) is 2. The van der Waals surface area contributed by atoms with E-state index >= 15 is 0 Å². The normalized spacial score (nSPS) is 11.6. The summed E-state index contributed by atoms with van der Waals surface area (Å²) >= 11 is 1.38. The fourth-order valence-corrected chi connectivity index (χ4v) is 2.33. The van der Waals surface area contributed by atoms with E-state index in [2.05, 4.69) is 0 Å². The second-order valence-corrected chi connectivity index (χ2v) is 5.07. The van der Waals surface area contributed by atoms with Gasteiger partial charge in [-0.25, -0.2) is 0 Å². The number of benzene rings is 2. The fourth-order valence-electron chi connectivity index (χ4n) is 1.51. The minimum atomic E-state index is -4.30. The van der Waals surface area contributed by atoms with Gasteiger partial charge in [0.1, 0.15) is 0 Å². The summed E-state index contributed by atoms with van der Waals surface area (Å²) < 4.78 is 37.2. The third kappa shape index (κ3) is 3.75. The summed E-state index contributed by atoms with van der Waals surface area (Å²) in [4.78, 5) is 1.65. The Bertz CT molecular complexity index is 532. The molecule has 2 rings (SSSR count). The van der Waals surface area contributed by atoms with Crippen LogP contribution < -0.4 is 0 Å². The van der Waals surface area contributed by atoms with Crippen LogP contribution >= 0.6 is 11.8 Å². The van der Waals surface area contributed by atoms with E-state index in [4.69, 9.17) is 5.11 Å². The van der Waals surface area contributed by atoms with Crippen LogP contribution in [0, 0.1) is 0 Å². The van der Waals surface area contributed by atoms with E-state index in [1.165, 1.54) is 23.9 Å². The number of aliphatic hydroxyl groups is 1. The molecular weight excluding hydrogens is 273 g/mol. The van der Waals surface area contributed by atoms with Crippen molar-refractivity contribution in [3.63, 3.8) is 0 Å². The first-order valence-electron chi connectivity index (χ1n) is 5.54. The highest BCUT2D eigenvalue weighted by atomic mass is 32.2. The van der Waals surface area contributed by atoms with Gasteiger partial charge >= 0.3 is 6.18 Å². The number of rotatable bonds is 3. The summed E-state index contributed by atoms with van der Waals surface area (Å²) in [5.74, 6) is 0. The molecule has 0 aliphatic rings. The maximum absolute atomic E-state index is 12.4. The Morgan fingerprint density at radius 2 is 1.32 bits per heavy atom. The molecule has 19 heavy (non-hydrogen) atoms. The number of halogens is 3. The van der Waals surface area contributed by atoms with Crippen molar-refractivity contribution >= 4 is 11.8 Å². The van der Waals surface area contributed by atoms with Crippen molar-refractivity contribution in [1.82, 2.24) is 0 Å². The SMILES string of the molecule is OCc1ccc(Sc2ccc(C(F)(F)F)cc2)cc1. The largest absolute Gasteiger partial charge is 0.416 e. The molecule has 0 aromatic heterocycles. The Hall–Kier alpha value is -1.46. The van der Waals surface area contributed by atoms with Crippen molar-refractivity contribution in [2.45, 2.75) is 22.6 Å². The first-order chi connectivity index (χ1) is 8.99. The second-order valence-electron chi connectivity index (χ2n) is 3.93. The van der Waals surface area contributed by atoms with E-state index in [9.17, 15) is 13.2 Å². The van der Waals surface area contributed by atoms with E-state index in [1.807, 2.05) is 12.1 Å². The molecule has 0 radical (unpaired) electrons. The Morgan fingerprint density at radius 3 is 1.74 bits per heavy atom. The maximum Gasteiger partial charge on any atom is 0.416 e. The predicted molar refractivity (Wildman–Crippen MR) is 67.9 cm³/mol. The highest BCUT2D eigenvalue weighted by Crippen LogP contribution is 2.33. The van der Waals surface area contributed by atoms with Crippen molar-refractivity contribution in [3.8, 4) is 0 Å². The van der Waals surface area contributed by atoms with Gasteiger partial charge < -0.3 is 5.11 Å². The van der Waals surface area contributed by atoms with Crippen LogP contribution in [0.15, 0.2) is 58.3 Å². The standard InChI is InChI=1S/C14H11F3OS/c15-14(16,17)11-3-7-13(8-4-11)19-12-5-1-10(9-18)2-6-12/h1-8,18H,9H2. The van der Waals surface area contributed by atoms with Crippen LogP contribution in [-0.2, 0) is 12.8 Å². The lowest BCUT2D eigenvalue weighted by atomic mass is 10.2. The lowest BCUT2D eigenvalue weighted by Crippen LogP contribution is -2.03. The van der Waals surface area contributed by atoms with Crippen molar-refractivity contribution in [1.29, 1.82) is 0 Å². The van der Waals surface area contributed by atoms with Gasteiger partial charge in [0.25, 0.3) is 0 Å². The second kappa shape index (κ2) is 5.67. The molecule has 100 valence electrons. The lowest BCUT2D eigenvalue weighted by molar-refractivity contribution is -0.137. The molecule has 1 nitrogen and oxygen atoms in total. The molecule has 0 aliphatic heterocycles. The molecule has 0 spiro atoms. The molecule has 0 heterocycles. The van der Waals surface area contributed by atoms with Crippen LogP contribution in [0.5, 0.6) is 0 Å². The highest BCUT2D eigenvalue weighted by Gasteiger charge is 2.29. The summed E-state index contributed by atoms with van der Waals surface area (Å²) in [6, 6.07) is 12.3. The maximum atomic E-state index is 12.4. The smallest absolute Gasteiger partial charge is 0.392 e. The first kappa shape index (κ1) is 14.0. The van der Waals surface area contributed by atoms with E-state index in [0.29, 0.717) is 0 Å². The zero-order chi connectivity index (χ0) is 13.9. The zero-order valence-electron chi connectivity index (χ0n) is 9.82. The Labute approximate surface area is 113 Å². The minimum absolute atomic E-state index is 0.0226. The number of aliphatic hydroxyl groups excluding tert-OH is 1. The fraction of sp³-hybridized carbons (Fsp3) is 0.143. The number of alkyl halides is 3. The minimum Gasteiger partial charge on any atom is -0.392 e. The van der Waals surface area contributed by atoms with Crippen LogP contribution in [0.4, 0.5) is 13.2 Å². The van der Waals surface area contributed by atoms with Crippen molar-refractivity contribution in [3.05, 3.63) is 59.7 Å². The van der Waals surface area contributed by atoms with Gasteiger partial charge in [0.05, 0.1) is 12.2 Å². The molecule has 5 heteroatoms. The quantitative estimate of drug-likeness (QED) is 0.904. The van der Waals surface area contributed by atoms with Gasteiger partial charge in [-0.3, -0.25) is 0 Å². The average molecular weight is 284 g/mol. The summed E-state index contributed by atoms with van der Waals surface area (Å²) in [7, 11) is 0. The molecule has 1 N–H and O–H groups in total. The van der Waals surface area contributed by atoms with Gasteiger partial charge in [-0.1, -0.05) is 23.9 Å². The molecule has 0 saturated carbocycles. The first-order valence-corrected chi connectivity index (χ1v) is 6.35. The van der Waals surface area contributed by atoms with E-state index < -0.39 is 11.7 Å². The Morgan fingerprint density at radius 1 is 0.842 bits per heavy atom. The third-order valence-electron chi connectivity index (χ3n) is 2.52. The van der Waals surface area contributed by atoms with E-state index in [1.54, 1.807) is 12.1 Å². The van der Waals surface area contributed by atoms with Crippen LogP contribution in [0.25, 0.3) is 0 Å². The predicted octanol–water partition coefficient (Wildman–Crippen LogP) is 4.35. The van der Waals surface area contributed by atoms with Crippen LogP contribution in [0.2, 0.25) is 0 Å². The topological polar surface area (TPSA) is 20.2 Å². The summed E-state index contributed by atoms with van der Waals surface area (Å²) in [5.41, 5.74) is 0.157. The van der Waals surface area contributed by atoms with Gasteiger partial charge in [0, 0.05) is 9.79 Å². The monoisotopic (exact) mass is 284 g/mol. The van der Waals surface area contributed by atoms with Gasteiger partial charge in [-0.05, 0) is 42.0 Å². The van der Waals surface area contributed by atoms with E-state index in [-0.39, 0.29) is 6.61 Å². The number of hydrogen-bond donors (Lipinski definition) is 1. The van der Waals surface area contributed by atoms with Gasteiger partial charge in [-0.15, -0.1) is 0 Å². The molecule has 0 saturated heterocycles. The van der Waals surface area contributed by atoms with Gasteiger partial charge in [0.2, 0.25) is 0 Å². The van der Waals surface area contributed by atoms with Crippen molar-refractivity contribution in [2.75, 3.05) is 0 Å². The molecular formula is C14H11F3OS. The molecule has 2 aromatic carbocycles. The van der Waals surface area contributed by atoms with Crippen molar-refractivity contribution in [2.24, 2.45) is 0 Å². The Balaban J connectivity index is 2.10. The molecule has 0 bridgehead atoms. The molecule has 0 unspecified atom stereocenters. The molecule has 0 amide bonds. The van der Waals surface area contributed by atoms with Crippen LogP contribution in [0.1, 0.15) is 11.1 Å². The van der Waals surface area contributed by atoms with Crippen LogP contribution in [0.3, 0.4) is 0 Å². The van der Waals surface area contributed by atoms with Crippen molar-refractivity contribution < 1.29 is 18.3 Å². The third-order valence-corrected chi connectivity index (χ3v) is 3.54. The molecule has 0 atom stereocenters. The highest BCUT2D eigenvalue weighted by molar-refractivity contribution is 7.99. The summed E-state index contributed by atoms with van der Waals surface area (Å²) in [5, 5.41) is 8.91. The Kier molecular flexibility index (Phi) is 4.17. The van der Waals surface area contributed by atoms with Gasteiger partial charge in [-0.2, -0.15) is 13.2 Å². The molecule has 2 aromatic rings. The molecule has 0 fully saturated rings. The average Bonchev–Trinajstić information content (AvgIpc) is 2.39. The summed E-state index contributed by atoms with van der Waals surface area (Å²) in [6.45, 7) is -0.0226.